The number of nitrogens with zero attached hydrogens (tertiary/aromatic N) is 2. The maximum absolute atomic E-state index is 11.1. The summed E-state index contributed by atoms with van der Waals surface area (Å²) in [7, 11) is 0. The first-order valence-electron chi connectivity index (χ1n) is 9.69. The van der Waals surface area contributed by atoms with Gasteiger partial charge in [0.2, 0.25) is 11.4 Å². The summed E-state index contributed by atoms with van der Waals surface area (Å²) in [4.78, 5) is 31.4. The Morgan fingerprint density at radius 3 is 2.22 bits per heavy atom. The van der Waals surface area contributed by atoms with Gasteiger partial charge in [0.05, 0.1) is 16.3 Å². The van der Waals surface area contributed by atoms with E-state index in [0.717, 1.165) is 44.9 Å². The zero-order valence-corrected chi connectivity index (χ0v) is 16.2. The van der Waals surface area contributed by atoms with Crippen LogP contribution in [0.2, 0.25) is 0 Å². The van der Waals surface area contributed by atoms with Crippen molar-refractivity contribution < 1.29 is 14.6 Å². The molecule has 0 rings (SSSR count). The van der Waals surface area contributed by atoms with Gasteiger partial charge in [0.25, 0.3) is 0 Å². The third-order valence-corrected chi connectivity index (χ3v) is 4.10. The summed E-state index contributed by atoms with van der Waals surface area (Å²) in [5.41, 5.74) is 0.360. The molecule has 0 fully saturated rings. The van der Waals surface area contributed by atoms with E-state index in [1.165, 1.54) is 0 Å². The Hall–Kier alpha value is -2.31. The largest absolute Gasteiger partial charge is 0.291 e. The van der Waals surface area contributed by atoms with Gasteiger partial charge in [-0.05, 0) is 44.3 Å². The highest BCUT2D eigenvalue weighted by atomic mass is 16.6. The Kier molecular flexibility index (Phi) is 15.7. The smallest absolute Gasteiger partial charge is 0.246 e. The van der Waals surface area contributed by atoms with E-state index in [2.05, 4.69) is 0 Å². The van der Waals surface area contributed by atoms with Crippen LogP contribution < -0.4 is 0 Å². The molecule has 0 N–H and O–H groups in total. The van der Waals surface area contributed by atoms with Crippen LogP contribution in [0.15, 0.2) is 35.7 Å². The van der Waals surface area contributed by atoms with Gasteiger partial charge < -0.3 is 0 Å². The van der Waals surface area contributed by atoms with Crippen LogP contribution in [0.1, 0.15) is 84.0 Å². The van der Waals surface area contributed by atoms with Crippen molar-refractivity contribution in [3.8, 4) is 0 Å². The second kappa shape index (κ2) is 17.1. The summed E-state index contributed by atoms with van der Waals surface area (Å²) in [5.74, 6) is 0. The van der Waals surface area contributed by atoms with E-state index in [0.29, 0.717) is 25.7 Å². The number of carbonyl (C=O) groups excluding carboxylic acids is 1. The van der Waals surface area contributed by atoms with Crippen molar-refractivity contribution in [2.45, 2.75) is 84.0 Å². The minimum Gasteiger partial charge on any atom is -0.291 e. The number of unbranched alkanes of at least 4 members (excludes halogenated alkanes) is 7. The lowest BCUT2D eigenvalue weighted by atomic mass is 10.1. The molecule has 27 heavy (non-hydrogen) atoms. The molecule has 0 amide bonds. The van der Waals surface area contributed by atoms with Gasteiger partial charge in [-0.1, -0.05) is 44.8 Å². The fourth-order valence-electron chi connectivity index (χ4n) is 2.52. The topological polar surface area (TPSA) is 103 Å². The van der Waals surface area contributed by atoms with Gasteiger partial charge in [0.15, 0.2) is 6.29 Å². The Labute approximate surface area is 161 Å². The lowest BCUT2D eigenvalue weighted by Gasteiger charge is -1.98. The summed E-state index contributed by atoms with van der Waals surface area (Å²) in [6, 6.07) is 0. The SMILES string of the molecule is CCCCC/C(=C/C/C=C/C/C(=C/CCCCCC[C]=O)[N+](=O)[O-])[N+](=O)[O-]. The second-order valence-corrected chi connectivity index (χ2v) is 6.37. The van der Waals surface area contributed by atoms with Crippen molar-refractivity contribution in [1.29, 1.82) is 0 Å². The van der Waals surface area contributed by atoms with E-state index < -0.39 is 0 Å². The molecular formula is C20H31N2O5. The first-order valence-corrected chi connectivity index (χ1v) is 9.69. The Morgan fingerprint density at radius 1 is 0.889 bits per heavy atom. The molecule has 0 unspecified atom stereocenters. The zero-order valence-electron chi connectivity index (χ0n) is 16.2. The van der Waals surface area contributed by atoms with Crippen LogP contribution in [0.5, 0.6) is 0 Å². The number of hydrogen-bond acceptors (Lipinski definition) is 5. The van der Waals surface area contributed by atoms with Gasteiger partial charge in [-0.2, -0.15) is 0 Å². The highest BCUT2D eigenvalue weighted by molar-refractivity contribution is 5.50. The van der Waals surface area contributed by atoms with E-state index >= 15 is 0 Å². The zero-order chi connectivity index (χ0) is 20.3. The minimum atomic E-state index is -0.380. The van der Waals surface area contributed by atoms with Gasteiger partial charge in [-0.3, -0.25) is 25.0 Å². The van der Waals surface area contributed by atoms with Crippen molar-refractivity contribution >= 4 is 6.29 Å². The molecule has 0 aliphatic heterocycles. The first-order chi connectivity index (χ1) is 13.0. The highest BCUT2D eigenvalue weighted by Crippen LogP contribution is 2.12. The quantitative estimate of drug-likeness (QED) is 0.140. The molecule has 0 aromatic heterocycles. The fraction of sp³-hybridized carbons (Fsp3) is 0.650. The molecule has 151 valence electrons. The van der Waals surface area contributed by atoms with Crippen LogP contribution in [0.3, 0.4) is 0 Å². The van der Waals surface area contributed by atoms with E-state index in [1.54, 1.807) is 24.3 Å². The van der Waals surface area contributed by atoms with Gasteiger partial charge in [0, 0.05) is 12.8 Å². The molecule has 7 nitrogen and oxygen atoms in total. The normalized spacial score (nSPS) is 12.5. The Morgan fingerprint density at radius 2 is 1.59 bits per heavy atom. The lowest BCUT2D eigenvalue weighted by molar-refractivity contribution is -0.428. The van der Waals surface area contributed by atoms with Gasteiger partial charge in [-0.25, -0.2) is 0 Å². The van der Waals surface area contributed by atoms with Crippen molar-refractivity contribution in [3.05, 3.63) is 55.9 Å². The highest BCUT2D eigenvalue weighted by Gasteiger charge is 2.09. The second-order valence-electron chi connectivity index (χ2n) is 6.37. The van der Waals surface area contributed by atoms with Gasteiger partial charge >= 0.3 is 0 Å². The fourth-order valence-corrected chi connectivity index (χ4v) is 2.52. The van der Waals surface area contributed by atoms with Gasteiger partial charge in [0.1, 0.15) is 0 Å². The van der Waals surface area contributed by atoms with Gasteiger partial charge in [-0.15, -0.1) is 0 Å². The maximum Gasteiger partial charge on any atom is 0.246 e. The molecule has 0 spiro atoms. The molecule has 0 aromatic carbocycles. The third kappa shape index (κ3) is 14.5. The molecule has 0 saturated carbocycles. The predicted molar refractivity (Wildman–Crippen MR) is 106 cm³/mol. The molecule has 0 bridgehead atoms. The van der Waals surface area contributed by atoms with E-state index in [-0.39, 0.29) is 27.7 Å². The third-order valence-electron chi connectivity index (χ3n) is 4.10. The lowest BCUT2D eigenvalue weighted by Crippen LogP contribution is -1.99. The van der Waals surface area contributed by atoms with E-state index in [4.69, 9.17) is 0 Å². The molecule has 0 atom stereocenters. The summed E-state index contributed by atoms with van der Waals surface area (Å²) in [5, 5.41) is 22.1. The average molecular weight is 379 g/mol. The Balaban J connectivity index is 4.32. The molecule has 0 heterocycles. The van der Waals surface area contributed by atoms with Crippen LogP contribution in [0, 0.1) is 20.2 Å². The average Bonchev–Trinajstić information content (AvgIpc) is 2.63. The first kappa shape index (κ1) is 24.7. The molecule has 0 saturated heterocycles. The van der Waals surface area contributed by atoms with Crippen LogP contribution in [0.25, 0.3) is 0 Å². The van der Waals surface area contributed by atoms with Crippen molar-refractivity contribution in [3.63, 3.8) is 0 Å². The van der Waals surface area contributed by atoms with Crippen molar-refractivity contribution in [2.75, 3.05) is 0 Å². The molecule has 0 aliphatic carbocycles. The summed E-state index contributed by atoms with van der Waals surface area (Å²) in [6.45, 7) is 2.05. The monoisotopic (exact) mass is 379 g/mol. The molecule has 0 aromatic rings. The van der Waals surface area contributed by atoms with E-state index in [1.807, 2.05) is 13.2 Å². The van der Waals surface area contributed by atoms with Crippen molar-refractivity contribution in [2.24, 2.45) is 0 Å². The summed E-state index contributed by atoms with van der Waals surface area (Å²) < 4.78 is 0. The molecule has 0 aliphatic rings. The molecular weight excluding hydrogens is 348 g/mol. The number of rotatable bonds is 17. The van der Waals surface area contributed by atoms with Crippen molar-refractivity contribution in [1.82, 2.24) is 0 Å². The predicted octanol–water partition coefficient (Wildman–Crippen LogP) is 5.67. The number of hydrogen-bond donors (Lipinski definition) is 0. The number of allylic oxidation sites excluding steroid dienone is 5. The van der Waals surface area contributed by atoms with Crippen LogP contribution in [-0.4, -0.2) is 16.1 Å². The number of nitro groups is 2. The van der Waals surface area contributed by atoms with Crippen LogP contribution >= 0.6 is 0 Å². The van der Waals surface area contributed by atoms with Crippen LogP contribution in [-0.2, 0) is 4.79 Å². The summed E-state index contributed by atoms with van der Waals surface area (Å²) in [6.07, 6.45) is 17.0. The van der Waals surface area contributed by atoms with E-state index in [9.17, 15) is 25.0 Å². The maximum atomic E-state index is 11.1. The standard InChI is InChI=1S/C20H31N2O5/c1-2-3-9-14-19(21(24)25)16-11-8-12-17-20(22(26)27)15-10-6-4-5-7-13-18-23/h8,12,15-16H,2-7,9-11,13-14,17H2,1H3/b12-8+,19-16-,20-15-. The summed E-state index contributed by atoms with van der Waals surface area (Å²) >= 11 is 0. The van der Waals surface area contributed by atoms with Crippen LogP contribution in [0.4, 0.5) is 0 Å². The Bertz CT molecular complexity index is 538. The minimum absolute atomic E-state index is 0.147. The molecule has 7 heteroatoms. The molecule has 1 radical (unpaired) electrons.